The van der Waals surface area contributed by atoms with Gasteiger partial charge in [-0.1, -0.05) is 0 Å². The smallest absolute Gasteiger partial charge is 0.184 e. The second-order valence-corrected chi connectivity index (χ2v) is 2.28. The van der Waals surface area contributed by atoms with Gasteiger partial charge in [-0.15, -0.1) is 0 Å². The molecule has 0 bridgehead atoms. The van der Waals surface area contributed by atoms with Crippen LogP contribution in [0, 0.1) is 0 Å². The zero-order valence-corrected chi connectivity index (χ0v) is 5.34. The molecule has 1 aliphatic rings. The first-order valence-corrected chi connectivity index (χ1v) is 3.06. The normalized spacial score (nSPS) is 48.0. The van der Waals surface area contributed by atoms with E-state index in [9.17, 15) is 0 Å². The van der Waals surface area contributed by atoms with Crippen LogP contribution in [0.2, 0.25) is 0 Å². The number of hydrogen-bond acceptors (Lipinski definition) is 5. The molecule has 5 heteroatoms. The average molecular weight is 149 g/mol. The van der Waals surface area contributed by atoms with Crippen LogP contribution in [0.3, 0.4) is 0 Å². The van der Waals surface area contributed by atoms with Gasteiger partial charge < -0.3 is 25.8 Å². The topological polar surface area (TPSA) is 95.9 Å². The highest BCUT2D eigenvalue weighted by Crippen LogP contribution is 2.17. The first kappa shape index (κ1) is 7.90. The Morgan fingerprint density at radius 3 is 2.00 bits per heavy atom. The van der Waals surface area contributed by atoms with Gasteiger partial charge in [0.25, 0.3) is 0 Å². The van der Waals surface area contributed by atoms with E-state index in [1.807, 2.05) is 0 Å². The fourth-order valence-electron chi connectivity index (χ4n) is 0.924. The van der Waals surface area contributed by atoms with Crippen molar-refractivity contribution in [3.05, 3.63) is 0 Å². The summed E-state index contributed by atoms with van der Waals surface area (Å²) >= 11 is 0. The highest BCUT2D eigenvalue weighted by atomic mass is 16.6. The second-order valence-electron chi connectivity index (χ2n) is 2.28. The largest absolute Gasteiger partial charge is 0.387 e. The van der Waals surface area contributed by atoms with Crippen LogP contribution >= 0.6 is 0 Å². The molecule has 1 fully saturated rings. The zero-order valence-electron chi connectivity index (χ0n) is 5.34. The van der Waals surface area contributed by atoms with E-state index >= 15 is 0 Å². The summed E-state index contributed by atoms with van der Waals surface area (Å²) in [5.41, 5.74) is 5.14. The summed E-state index contributed by atoms with van der Waals surface area (Å²) in [7, 11) is 0. The van der Waals surface area contributed by atoms with Crippen molar-refractivity contribution in [2.75, 3.05) is 6.54 Å². The van der Waals surface area contributed by atoms with Crippen molar-refractivity contribution >= 4 is 0 Å². The summed E-state index contributed by atoms with van der Waals surface area (Å²) in [6.07, 6.45) is -4.25. The molecule has 0 aromatic heterocycles. The van der Waals surface area contributed by atoms with Crippen molar-refractivity contribution in [2.24, 2.45) is 5.73 Å². The maximum atomic E-state index is 9.01. The first-order valence-electron chi connectivity index (χ1n) is 3.06. The molecule has 0 radical (unpaired) electrons. The lowest BCUT2D eigenvalue weighted by molar-refractivity contribution is -0.125. The summed E-state index contributed by atoms with van der Waals surface area (Å²) in [5.74, 6) is 0. The lowest BCUT2D eigenvalue weighted by atomic mass is 10.1. The van der Waals surface area contributed by atoms with Crippen LogP contribution in [0.15, 0.2) is 0 Å². The van der Waals surface area contributed by atoms with E-state index in [1.165, 1.54) is 0 Å². The highest BCUT2D eigenvalue weighted by molar-refractivity contribution is 4.85. The number of ether oxygens (including phenoxy) is 1. The van der Waals surface area contributed by atoms with E-state index in [0.29, 0.717) is 0 Å². The van der Waals surface area contributed by atoms with Crippen molar-refractivity contribution in [3.8, 4) is 0 Å². The van der Waals surface area contributed by atoms with Crippen LogP contribution < -0.4 is 5.73 Å². The molecular weight excluding hydrogens is 138 g/mol. The summed E-state index contributed by atoms with van der Waals surface area (Å²) in [4.78, 5) is 0. The predicted molar refractivity (Wildman–Crippen MR) is 31.9 cm³/mol. The van der Waals surface area contributed by atoms with Crippen molar-refractivity contribution in [2.45, 2.75) is 24.6 Å². The molecule has 0 aliphatic carbocycles. The molecule has 0 aromatic rings. The Morgan fingerprint density at radius 1 is 1.20 bits per heavy atom. The summed E-state index contributed by atoms with van der Waals surface area (Å²) in [6.45, 7) is 0.0925. The lowest BCUT2D eigenvalue weighted by Crippen LogP contribution is -2.35. The molecule has 10 heavy (non-hydrogen) atoms. The third-order valence-corrected chi connectivity index (χ3v) is 1.57. The van der Waals surface area contributed by atoms with Crippen LogP contribution in [0.1, 0.15) is 0 Å². The quantitative estimate of drug-likeness (QED) is 0.327. The van der Waals surface area contributed by atoms with Crippen LogP contribution in [0.25, 0.3) is 0 Å². The SMILES string of the molecule is NC[C@H]1O[C@@H](O)[C@H](O)[C@H]1O. The predicted octanol–water partition coefficient (Wildman–Crippen LogP) is -2.62. The Labute approximate surface area is 58.0 Å². The summed E-state index contributed by atoms with van der Waals surface area (Å²) in [5, 5.41) is 26.7. The van der Waals surface area contributed by atoms with E-state index in [1.54, 1.807) is 0 Å². The molecule has 0 unspecified atom stereocenters. The molecule has 0 spiro atoms. The van der Waals surface area contributed by atoms with Crippen LogP contribution in [-0.2, 0) is 4.74 Å². The Bertz CT molecular complexity index is 120. The third kappa shape index (κ3) is 1.14. The van der Waals surface area contributed by atoms with Crippen molar-refractivity contribution in [3.63, 3.8) is 0 Å². The summed E-state index contributed by atoms with van der Waals surface area (Å²) < 4.78 is 4.67. The fourth-order valence-corrected chi connectivity index (χ4v) is 0.924. The number of rotatable bonds is 1. The highest BCUT2D eigenvalue weighted by Gasteiger charge is 2.40. The van der Waals surface area contributed by atoms with Gasteiger partial charge in [0.05, 0.1) is 0 Å². The molecule has 4 atom stereocenters. The van der Waals surface area contributed by atoms with Gasteiger partial charge in [-0.25, -0.2) is 0 Å². The minimum atomic E-state index is -1.30. The molecule has 0 saturated carbocycles. The van der Waals surface area contributed by atoms with Crippen LogP contribution in [0.4, 0.5) is 0 Å². The minimum Gasteiger partial charge on any atom is -0.387 e. The van der Waals surface area contributed by atoms with Crippen LogP contribution in [0.5, 0.6) is 0 Å². The summed E-state index contributed by atoms with van der Waals surface area (Å²) in [6, 6.07) is 0. The second kappa shape index (κ2) is 2.81. The van der Waals surface area contributed by atoms with E-state index < -0.39 is 24.6 Å². The molecule has 0 amide bonds. The third-order valence-electron chi connectivity index (χ3n) is 1.57. The van der Waals surface area contributed by atoms with Gasteiger partial charge in [0, 0.05) is 6.54 Å². The molecule has 1 rings (SSSR count). The fraction of sp³-hybridized carbons (Fsp3) is 1.00. The van der Waals surface area contributed by atoms with E-state index in [4.69, 9.17) is 21.1 Å². The van der Waals surface area contributed by atoms with Gasteiger partial charge in [0.15, 0.2) is 6.29 Å². The van der Waals surface area contributed by atoms with Crippen LogP contribution in [-0.4, -0.2) is 46.5 Å². The van der Waals surface area contributed by atoms with Crippen molar-refractivity contribution in [1.29, 1.82) is 0 Å². The molecule has 60 valence electrons. The molecule has 1 aliphatic heterocycles. The number of aliphatic hydroxyl groups is 3. The monoisotopic (exact) mass is 149 g/mol. The van der Waals surface area contributed by atoms with E-state index in [0.717, 1.165) is 0 Å². The van der Waals surface area contributed by atoms with E-state index in [-0.39, 0.29) is 6.54 Å². The molecule has 1 heterocycles. The minimum absolute atomic E-state index is 0.0925. The Morgan fingerprint density at radius 2 is 1.80 bits per heavy atom. The first-order chi connectivity index (χ1) is 4.66. The molecule has 5 nitrogen and oxygen atoms in total. The molecular formula is C5H11NO4. The lowest BCUT2D eigenvalue weighted by Gasteiger charge is -2.10. The van der Waals surface area contributed by atoms with E-state index in [2.05, 4.69) is 4.74 Å². The van der Waals surface area contributed by atoms with Crippen molar-refractivity contribution in [1.82, 2.24) is 0 Å². The number of hydrogen-bond donors (Lipinski definition) is 4. The van der Waals surface area contributed by atoms with Gasteiger partial charge in [0.2, 0.25) is 0 Å². The maximum Gasteiger partial charge on any atom is 0.184 e. The zero-order chi connectivity index (χ0) is 7.72. The molecule has 1 saturated heterocycles. The van der Waals surface area contributed by atoms with Gasteiger partial charge in [-0.2, -0.15) is 0 Å². The van der Waals surface area contributed by atoms with Crippen molar-refractivity contribution < 1.29 is 20.1 Å². The van der Waals surface area contributed by atoms with Gasteiger partial charge in [-0.05, 0) is 0 Å². The standard InChI is InChI=1S/C5H11NO4/c6-1-2-3(7)4(8)5(9)10-2/h2-5,7-9H,1,6H2/t2-,3+,4-,5-/m1/s1. The molecule has 5 N–H and O–H groups in total. The Kier molecular flexibility index (Phi) is 2.22. The number of aliphatic hydroxyl groups excluding tert-OH is 3. The number of nitrogens with two attached hydrogens (primary N) is 1. The van der Waals surface area contributed by atoms with Gasteiger partial charge in [-0.3, -0.25) is 0 Å². The van der Waals surface area contributed by atoms with Gasteiger partial charge >= 0.3 is 0 Å². The Balaban J connectivity index is 2.53. The average Bonchev–Trinajstić information content (AvgIpc) is 2.17. The molecule has 0 aromatic carbocycles. The Hall–Kier alpha value is -0.200. The maximum absolute atomic E-state index is 9.01. The van der Waals surface area contributed by atoms with Gasteiger partial charge in [0.1, 0.15) is 18.3 Å².